The summed E-state index contributed by atoms with van der Waals surface area (Å²) in [6.45, 7) is 0. The first-order valence-corrected chi connectivity index (χ1v) is 3.59. The van der Waals surface area contributed by atoms with Gasteiger partial charge in [0.05, 0.1) is 12.5 Å². The van der Waals surface area contributed by atoms with Crippen molar-refractivity contribution in [2.45, 2.75) is 6.42 Å². The van der Waals surface area contributed by atoms with Gasteiger partial charge in [-0.15, -0.1) is 0 Å². The second-order valence-corrected chi connectivity index (χ2v) is 2.31. The van der Waals surface area contributed by atoms with Crippen LogP contribution in [0, 0.1) is 23.2 Å². The van der Waals surface area contributed by atoms with Gasteiger partial charge >= 0.3 is 0 Å². The summed E-state index contributed by atoms with van der Waals surface area (Å²) in [5, 5.41) is 8.19. The molecule has 13 heavy (non-hydrogen) atoms. The highest BCUT2D eigenvalue weighted by Crippen LogP contribution is 2.06. The molecule has 0 aliphatic carbocycles. The van der Waals surface area contributed by atoms with E-state index in [2.05, 4.69) is 4.98 Å². The maximum atomic E-state index is 12.5. The lowest BCUT2D eigenvalue weighted by Crippen LogP contribution is -1.88. The van der Waals surface area contributed by atoms with Crippen molar-refractivity contribution in [3.63, 3.8) is 0 Å². The van der Waals surface area contributed by atoms with E-state index in [1.807, 2.05) is 6.07 Å². The zero-order valence-electron chi connectivity index (χ0n) is 6.67. The molecule has 0 N–H and O–H groups in total. The maximum absolute atomic E-state index is 12.5. The Balaban J connectivity index is 2.84. The van der Waals surface area contributed by atoms with E-state index >= 15 is 0 Å². The molecule has 0 bridgehead atoms. The van der Waals surface area contributed by atoms with Crippen molar-refractivity contribution >= 4 is 6.08 Å². The summed E-state index contributed by atoms with van der Waals surface area (Å²) >= 11 is 0. The van der Waals surface area contributed by atoms with Crippen molar-refractivity contribution in [3.05, 3.63) is 35.7 Å². The van der Waals surface area contributed by atoms with Gasteiger partial charge in [0.2, 0.25) is 11.9 Å². The Morgan fingerprint density at radius 3 is 2.54 bits per heavy atom. The van der Waals surface area contributed by atoms with E-state index in [0.717, 1.165) is 12.1 Å². The van der Waals surface area contributed by atoms with Crippen molar-refractivity contribution < 1.29 is 8.78 Å². The van der Waals surface area contributed by atoms with Crippen molar-refractivity contribution in [1.82, 2.24) is 4.98 Å². The minimum absolute atomic E-state index is 0.214. The highest BCUT2D eigenvalue weighted by atomic mass is 19.1. The topological polar surface area (TPSA) is 36.7 Å². The molecule has 0 saturated carbocycles. The van der Waals surface area contributed by atoms with Crippen LogP contribution in [0.15, 0.2) is 18.2 Å². The molecule has 1 aromatic rings. The first-order valence-electron chi connectivity index (χ1n) is 3.59. The number of aromatic nitrogens is 1. The van der Waals surface area contributed by atoms with Crippen LogP contribution >= 0.6 is 0 Å². The smallest absolute Gasteiger partial charge is 0.198 e. The van der Waals surface area contributed by atoms with E-state index in [4.69, 9.17) is 5.26 Å². The molecule has 0 aliphatic heterocycles. The number of halogens is 2. The number of rotatable bonds is 2. The second-order valence-electron chi connectivity index (χ2n) is 2.31. The Labute approximate surface area is 74.1 Å². The lowest BCUT2D eigenvalue weighted by atomic mass is 10.2. The summed E-state index contributed by atoms with van der Waals surface area (Å²) in [5.41, 5.74) is 0.361. The Kier molecular flexibility index (Phi) is 3.09. The van der Waals surface area contributed by atoms with Crippen LogP contribution in [0.2, 0.25) is 0 Å². The van der Waals surface area contributed by atoms with Gasteiger partial charge in [0.1, 0.15) is 0 Å². The van der Waals surface area contributed by atoms with E-state index in [0.29, 0.717) is 5.56 Å². The molecule has 0 unspecified atom stereocenters. The van der Waals surface area contributed by atoms with Gasteiger partial charge in [-0.05, 0) is 5.56 Å². The lowest BCUT2D eigenvalue weighted by molar-refractivity contribution is 0.512. The third kappa shape index (κ3) is 2.99. The zero-order valence-corrected chi connectivity index (χ0v) is 6.67. The third-order valence-corrected chi connectivity index (χ3v) is 1.30. The van der Waals surface area contributed by atoms with E-state index < -0.39 is 11.9 Å². The molecule has 1 aromatic heterocycles. The molecule has 2 nitrogen and oxygen atoms in total. The average molecular weight is 180 g/mol. The minimum Gasteiger partial charge on any atom is -0.198 e. The summed E-state index contributed by atoms with van der Waals surface area (Å²) < 4.78 is 25.0. The molecular weight excluding hydrogens is 174 g/mol. The molecular formula is C9H6F2N2. The molecule has 0 aromatic carbocycles. The van der Waals surface area contributed by atoms with Gasteiger partial charge in [0.25, 0.3) is 0 Å². The lowest BCUT2D eigenvalue weighted by Gasteiger charge is -1.93. The predicted molar refractivity (Wildman–Crippen MR) is 43.4 cm³/mol. The molecule has 0 amide bonds. The summed E-state index contributed by atoms with van der Waals surface area (Å²) in [6, 6.07) is 4.07. The molecule has 0 spiro atoms. The zero-order chi connectivity index (χ0) is 9.68. The monoisotopic (exact) mass is 180 g/mol. The predicted octanol–water partition coefficient (Wildman–Crippen LogP) is 2.29. The molecule has 4 heteroatoms. The van der Waals surface area contributed by atoms with Gasteiger partial charge in [-0.2, -0.15) is 19.0 Å². The van der Waals surface area contributed by atoms with E-state index in [1.54, 1.807) is 0 Å². The number of pyridine rings is 1. The number of hydrogen-bond acceptors (Lipinski definition) is 2. The fraction of sp³-hybridized carbons (Fsp3) is 0.111. The van der Waals surface area contributed by atoms with Gasteiger partial charge in [-0.1, -0.05) is 12.2 Å². The van der Waals surface area contributed by atoms with Gasteiger partial charge < -0.3 is 0 Å². The SMILES string of the molecule is N#CCC=Cc1cc(F)nc(F)c1. The van der Waals surface area contributed by atoms with Gasteiger partial charge in [0.15, 0.2) is 0 Å². The third-order valence-electron chi connectivity index (χ3n) is 1.30. The first-order chi connectivity index (χ1) is 6.22. The minimum atomic E-state index is -0.864. The number of hydrogen-bond donors (Lipinski definition) is 0. The van der Waals surface area contributed by atoms with Crippen LogP contribution in [0.25, 0.3) is 6.08 Å². The molecule has 1 rings (SSSR count). The highest BCUT2D eigenvalue weighted by Gasteiger charge is 1.97. The van der Waals surface area contributed by atoms with Gasteiger partial charge in [0, 0.05) is 12.1 Å². The maximum Gasteiger partial charge on any atom is 0.216 e. The highest BCUT2D eigenvalue weighted by molar-refractivity contribution is 5.48. The quantitative estimate of drug-likeness (QED) is 0.654. The number of nitrogens with zero attached hydrogens (tertiary/aromatic N) is 2. The van der Waals surface area contributed by atoms with Crippen molar-refractivity contribution in [3.8, 4) is 6.07 Å². The fourth-order valence-electron chi connectivity index (χ4n) is 0.827. The molecule has 66 valence electrons. The Bertz CT molecular complexity index is 346. The van der Waals surface area contributed by atoms with Crippen LogP contribution in [0.4, 0.5) is 8.78 Å². The first kappa shape index (κ1) is 9.33. The molecule has 0 aliphatic rings. The van der Waals surface area contributed by atoms with E-state index in [1.165, 1.54) is 12.2 Å². The fourth-order valence-corrected chi connectivity index (χ4v) is 0.827. The second kappa shape index (κ2) is 4.31. The van der Waals surface area contributed by atoms with Crippen molar-refractivity contribution in [1.29, 1.82) is 5.26 Å². The van der Waals surface area contributed by atoms with Crippen LogP contribution < -0.4 is 0 Å². The molecule has 0 radical (unpaired) electrons. The summed E-state index contributed by atoms with van der Waals surface area (Å²) in [7, 11) is 0. The standard InChI is InChI=1S/C9H6F2N2/c10-8-5-7(3-1-2-4-12)6-9(11)13-8/h1,3,5-6H,2H2. The molecule has 1 heterocycles. The van der Waals surface area contributed by atoms with Crippen LogP contribution in [-0.2, 0) is 0 Å². The van der Waals surface area contributed by atoms with Crippen LogP contribution in [0.1, 0.15) is 12.0 Å². The van der Waals surface area contributed by atoms with Gasteiger partial charge in [-0.25, -0.2) is 0 Å². The normalized spacial score (nSPS) is 10.2. The van der Waals surface area contributed by atoms with Crippen LogP contribution in [0.5, 0.6) is 0 Å². The Morgan fingerprint density at radius 1 is 1.38 bits per heavy atom. The van der Waals surface area contributed by atoms with Crippen molar-refractivity contribution in [2.24, 2.45) is 0 Å². The van der Waals surface area contributed by atoms with Crippen LogP contribution in [0.3, 0.4) is 0 Å². The van der Waals surface area contributed by atoms with E-state index in [-0.39, 0.29) is 6.42 Å². The number of nitriles is 1. The average Bonchev–Trinajstić information content (AvgIpc) is 2.03. The van der Waals surface area contributed by atoms with Gasteiger partial charge in [-0.3, -0.25) is 0 Å². The Hall–Kier alpha value is -1.76. The van der Waals surface area contributed by atoms with Crippen molar-refractivity contribution in [2.75, 3.05) is 0 Å². The Morgan fingerprint density at radius 2 is 2.00 bits per heavy atom. The van der Waals surface area contributed by atoms with Crippen LogP contribution in [-0.4, -0.2) is 4.98 Å². The summed E-state index contributed by atoms with van der Waals surface area (Å²) in [5.74, 6) is -1.73. The molecule has 0 atom stereocenters. The van der Waals surface area contributed by atoms with E-state index in [9.17, 15) is 8.78 Å². The molecule has 0 fully saturated rings. The largest absolute Gasteiger partial charge is 0.216 e. The summed E-state index contributed by atoms with van der Waals surface area (Å²) in [4.78, 5) is 2.93. The summed E-state index contributed by atoms with van der Waals surface area (Å²) in [6.07, 6.45) is 3.21. The molecule has 0 saturated heterocycles. The number of allylic oxidation sites excluding steroid dienone is 1.